The van der Waals surface area contributed by atoms with Gasteiger partial charge in [-0.2, -0.15) is 5.10 Å². The Kier molecular flexibility index (Phi) is 5.43. The van der Waals surface area contributed by atoms with Gasteiger partial charge in [0.05, 0.1) is 24.9 Å². The number of hydrogen-bond acceptors (Lipinski definition) is 4. The largest absolute Gasteiger partial charge is 0.379 e. The molecule has 5 heteroatoms. The average Bonchev–Trinajstić information content (AvgIpc) is 2.63. The molecule has 1 aromatic heterocycles. The number of morpholine rings is 1. The van der Waals surface area contributed by atoms with Gasteiger partial charge in [-0.15, -0.1) is 0 Å². The smallest absolute Gasteiger partial charge is 0.270 e. The van der Waals surface area contributed by atoms with Crippen LogP contribution in [0, 0.1) is 0 Å². The van der Waals surface area contributed by atoms with Gasteiger partial charge in [-0.1, -0.05) is 37.3 Å². The summed E-state index contributed by atoms with van der Waals surface area (Å²) in [5.74, 6) is 0. The molecule has 0 radical (unpaired) electrons. The summed E-state index contributed by atoms with van der Waals surface area (Å²) in [6.45, 7) is 8.26. The topological polar surface area (TPSA) is 47.4 Å². The van der Waals surface area contributed by atoms with Crippen LogP contribution in [0.4, 0.5) is 0 Å². The van der Waals surface area contributed by atoms with Gasteiger partial charge in [0.2, 0.25) is 0 Å². The molecule has 5 nitrogen and oxygen atoms in total. The molecule has 1 aliphatic heterocycles. The molecule has 1 aromatic carbocycles. The monoisotopic (exact) mass is 327 g/mol. The summed E-state index contributed by atoms with van der Waals surface area (Å²) in [7, 11) is 0. The molecule has 1 saturated heterocycles. The second-order valence-corrected chi connectivity index (χ2v) is 6.29. The third-order valence-corrected chi connectivity index (χ3v) is 4.50. The zero-order valence-corrected chi connectivity index (χ0v) is 14.4. The second kappa shape index (κ2) is 7.73. The van der Waals surface area contributed by atoms with Crippen LogP contribution in [0.1, 0.15) is 25.5 Å². The number of ether oxygens (including phenoxy) is 1. The van der Waals surface area contributed by atoms with Crippen molar-refractivity contribution in [1.29, 1.82) is 0 Å². The Bertz CT molecular complexity index is 721. The van der Waals surface area contributed by atoms with E-state index in [1.165, 1.54) is 0 Å². The fourth-order valence-electron chi connectivity index (χ4n) is 3.10. The van der Waals surface area contributed by atoms with Gasteiger partial charge >= 0.3 is 0 Å². The third kappa shape index (κ3) is 3.74. The van der Waals surface area contributed by atoms with Crippen LogP contribution in [-0.2, 0) is 11.2 Å². The number of aromatic nitrogens is 2. The van der Waals surface area contributed by atoms with Crippen molar-refractivity contribution >= 4 is 0 Å². The van der Waals surface area contributed by atoms with Gasteiger partial charge in [-0.25, -0.2) is 4.68 Å². The Balaban J connectivity index is 1.92. The minimum atomic E-state index is 0.0259. The number of hydrogen-bond donors (Lipinski definition) is 0. The van der Waals surface area contributed by atoms with E-state index < -0.39 is 0 Å². The number of rotatable bonds is 5. The van der Waals surface area contributed by atoms with E-state index in [0.29, 0.717) is 6.42 Å². The van der Waals surface area contributed by atoms with Gasteiger partial charge in [0, 0.05) is 30.8 Å². The summed E-state index contributed by atoms with van der Waals surface area (Å²) in [4.78, 5) is 15.1. The summed E-state index contributed by atoms with van der Waals surface area (Å²) < 4.78 is 7.06. The number of nitrogens with zero attached hydrogens (tertiary/aromatic N) is 3. The molecular weight excluding hydrogens is 302 g/mol. The SMILES string of the molecule is CCc1cc(-c2ccccc2)nn(C(C)CN2CCOCC2)c1=O. The van der Waals surface area contributed by atoms with Gasteiger partial charge in [0.1, 0.15) is 0 Å². The Morgan fingerprint density at radius 2 is 1.92 bits per heavy atom. The molecule has 2 aromatic rings. The molecule has 1 atom stereocenters. The lowest BCUT2D eigenvalue weighted by atomic mass is 10.1. The van der Waals surface area contributed by atoms with Gasteiger partial charge in [-0.05, 0) is 19.4 Å². The van der Waals surface area contributed by atoms with E-state index in [9.17, 15) is 4.79 Å². The molecule has 128 valence electrons. The Morgan fingerprint density at radius 1 is 1.21 bits per heavy atom. The Labute approximate surface area is 142 Å². The molecular formula is C19H25N3O2. The third-order valence-electron chi connectivity index (χ3n) is 4.50. The van der Waals surface area contributed by atoms with Crippen molar-refractivity contribution in [2.45, 2.75) is 26.3 Å². The summed E-state index contributed by atoms with van der Waals surface area (Å²) in [5, 5.41) is 4.66. The lowest BCUT2D eigenvalue weighted by Crippen LogP contribution is -2.41. The van der Waals surface area contributed by atoms with E-state index >= 15 is 0 Å². The van der Waals surface area contributed by atoms with Gasteiger partial charge < -0.3 is 4.74 Å². The first-order valence-corrected chi connectivity index (χ1v) is 8.67. The molecule has 0 bridgehead atoms. The second-order valence-electron chi connectivity index (χ2n) is 6.29. The molecule has 0 N–H and O–H groups in total. The van der Waals surface area contributed by atoms with Crippen LogP contribution in [0.15, 0.2) is 41.2 Å². The molecule has 0 aliphatic carbocycles. The zero-order chi connectivity index (χ0) is 16.9. The van der Waals surface area contributed by atoms with E-state index in [2.05, 4.69) is 16.9 Å². The van der Waals surface area contributed by atoms with E-state index in [1.54, 1.807) is 4.68 Å². The fraction of sp³-hybridized carbons (Fsp3) is 0.474. The first-order valence-electron chi connectivity index (χ1n) is 8.67. The minimum absolute atomic E-state index is 0.0259. The zero-order valence-electron chi connectivity index (χ0n) is 14.4. The molecule has 0 saturated carbocycles. The Morgan fingerprint density at radius 3 is 2.58 bits per heavy atom. The number of aryl methyl sites for hydroxylation is 1. The predicted octanol–water partition coefficient (Wildman–Crippen LogP) is 2.37. The maximum absolute atomic E-state index is 12.7. The highest BCUT2D eigenvalue weighted by atomic mass is 16.5. The van der Waals surface area contributed by atoms with Crippen molar-refractivity contribution in [1.82, 2.24) is 14.7 Å². The van der Waals surface area contributed by atoms with Crippen LogP contribution in [0.2, 0.25) is 0 Å². The van der Waals surface area contributed by atoms with E-state index in [1.807, 2.05) is 43.3 Å². The summed E-state index contributed by atoms with van der Waals surface area (Å²) >= 11 is 0. The maximum atomic E-state index is 12.7. The summed E-state index contributed by atoms with van der Waals surface area (Å²) in [6, 6.07) is 12.0. The van der Waals surface area contributed by atoms with E-state index in [4.69, 9.17) is 4.74 Å². The summed E-state index contributed by atoms with van der Waals surface area (Å²) in [5.41, 5.74) is 2.75. The first-order chi connectivity index (χ1) is 11.7. The molecule has 1 fully saturated rings. The molecule has 2 heterocycles. The van der Waals surface area contributed by atoms with Crippen molar-refractivity contribution in [3.63, 3.8) is 0 Å². The van der Waals surface area contributed by atoms with Crippen LogP contribution in [-0.4, -0.2) is 47.5 Å². The van der Waals surface area contributed by atoms with Gasteiger partial charge in [-0.3, -0.25) is 9.69 Å². The van der Waals surface area contributed by atoms with Crippen LogP contribution in [0.5, 0.6) is 0 Å². The standard InChI is InChI=1S/C19H25N3O2/c1-3-16-13-18(17-7-5-4-6-8-17)20-22(19(16)23)15(2)14-21-9-11-24-12-10-21/h4-8,13,15H,3,9-12,14H2,1-2H3. The highest BCUT2D eigenvalue weighted by Gasteiger charge is 2.18. The van der Waals surface area contributed by atoms with Crippen molar-refractivity contribution < 1.29 is 4.74 Å². The maximum Gasteiger partial charge on any atom is 0.270 e. The molecule has 3 rings (SSSR count). The molecule has 0 amide bonds. The highest BCUT2D eigenvalue weighted by Crippen LogP contribution is 2.17. The first kappa shape index (κ1) is 16.9. The van der Waals surface area contributed by atoms with Crippen molar-refractivity contribution in [3.05, 3.63) is 52.3 Å². The van der Waals surface area contributed by atoms with Crippen LogP contribution < -0.4 is 5.56 Å². The predicted molar refractivity (Wildman–Crippen MR) is 95.3 cm³/mol. The lowest BCUT2D eigenvalue weighted by Gasteiger charge is -2.29. The van der Waals surface area contributed by atoms with E-state index in [0.717, 1.165) is 49.7 Å². The highest BCUT2D eigenvalue weighted by molar-refractivity contribution is 5.58. The molecule has 24 heavy (non-hydrogen) atoms. The van der Waals surface area contributed by atoms with Crippen LogP contribution in [0.25, 0.3) is 11.3 Å². The van der Waals surface area contributed by atoms with Crippen LogP contribution >= 0.6 is 0 Å². The number of benzene rings is 1. The van der Waals surface area contributed by atoms with Crippen molar-refractivity contribution in [2.75, 3.05) is 32.8 Å². The molecule has 1 unspecified atom stereocenters. The van der Waals surface area contributed by atoms with Crippen molar-refractivity contribution in [2.24, 2.45) is 0 Å². The fourth-order valence-corrected chi connectivity index (χ4v) is 3.10. The normalized spacial score (nSPS) is 16.9. The van der Waals surface area contributed by atoms with E-state index in [-0.39, 0.29) is 11.6 Å². The van der Waals surface area contributed by atoms with Gasteiger partial charge in [0.15, 0.2) is 0 Å². The molecule has 1 aliphatic rings. The average molecular weight is 327 g/mol. The Hall–Kier alpha value is -1.98. The van der Waals surface area contributed by atoms with Gasteiger partial charge in [0.25, 0.3) is 5.56 Å². The van der Waals surface area contributed by atoms with Crippen LogP contribution in [0.3, 0.4) is 0 Å². The lowest BCUT2D eigenvalue weighted by molar-refractivity contribution is 0.0316. The quantitative estimate of drug-likeness (QED) is 0.846. The minimum Gasteiger partial charge on any atom is -0.379 e. The molecule has 0 spiro atoms. The summed E-state index contributed by atoms with van der Waals surface area (Å²) in [6.07, 6.45) is 0.714. The van der Waals surface area contributed by atoms with Crippen molar-refractivity contribution in [3.8, 4) is 11.3 Å².